The Labute approximate surface area is 160 Å². The van der Waals surface area contributed by atoms with Gasteiger partial charge in [0.2, 0.25) is 5.91 Å². The van der Waals surface area contributed by atoms with Crippen molar-refractivity contribution in [2.45, 2.75) is 20.8 Å². The molecule has 142 valence electrons. The van der Waals surface area contributed by atoms with Gasteiger partial charge in [0.05, 0.1) is 0 Å². The topological polar surface area (TPSA) is 65.5 Å². The van der Waals surface area contributed by atoms with Gasteiger partial charge in [0.1, 0.15) is 5.82 Å². The molecule has 0 spiro atoms. The molecule has 27 heavy (non-hydrogen) atoms. The average Bonchev–Trinajstić information content (AvgIpc) is 2.68. The molecule has 0 saturated carbocycles. The number of piperazine rings is 1. The van der Waals surface area contributed by atoms with Gasteiger partial charge < -0.3 is 15.1 Å². The number of anilines is 2. The second-order valence-corrected chi connectivity index (χ2v) is 7.19. The van der Waals surface area contributed by atoms with Gasteiger partial charge in [0, 0.05) is 49.5 Å². The Morgan fingerprint density at radius 2 is 1.70 bits per heavy atom. The van der Waals surface area contributed by atoms with Crippen molar-refractivity contribution in [2.24, 2.45) is 5.92 Å². The lowest BCUT2D eigenvalue weighted by atomic mass is 10.1. The fourth-order valence-electron chi connectivity index (χ4n) is 3.00. The molecular formula is C21H26N4O2. The number of rotatable bonds is 4. The molecule has 1 aromatic carbocycles. The van der Waals surface area contributed by atoms with E-state index in [-0.39, 0.29) is 17.7 Å². The molecule has 0 radical (unpaired) electrons. The number of amides is 2. The van der Waals surface area contributed by atoms with Gasteiger partial charge in [-0.15, -0.1) is 0 Å². The molecule has 1 aromatic heterocycles. The third kappa shape index (κ3) is 4.64. The van der Waals surface area contributed by atoms with Gasteiger partial charge in [0.15, 0.2) is 0 Å². The first-order chi connectivity index (χ1) is 12.9. The summed E-state index contributed by atoms with van der Waals surface area (Å²) in [6.07, 6.45) is 1.82. The molecule has 1 aliphatic rings. The fraction of sp³-hybridized carbons (Fsp3) is 0.381. The molecule has 3 rings (SSSR count). The van der Waals surface area contributed by atoms with Crippen LogP contribution in [0.3, 0.4) is 0 Å². The average molecular weight is 366 g/mol. The third-order valence-electron chi connectivity index (χ3n) is 4.72. The number of carbonyl (C=O) groups is 2. The number of carbonyl (C=O) groups excluding carboxylic acids is 2. The summed E-state index contributed by atoms with van der Waals surface area (Å²) in [6, 6.07) is 11.2. The maximum absolute atomic E-state index is 12.7. The summed E-state index contributed by atoms with van der Waals surface area (Å²) >= 11 is 0. The van der Waals surface area contributed by atoms with Gasteiger partial charge in [-0.05, 0) is 48.9 Å². The first-order valence-electron chi connectivity index (χ1n) is 9.32. The van der Waals surface area contributed by atoms with E-state index in [4.69, 9.17) is 0 Å². The van der Waals surface area contributed by atoms with Crippen molar-refractivity contribution >= 4 is 23.3 Å². The van der Waals surface area contributed by atoms with Crippen LogP contribution in [0.4, 0.5) is 11.5 Å². The Bertz CT molecular complexity index is 809. The Hall–Kier alpha value is -2.89. The molecule has 6 nitrogen and oxygen atoms in total. The number of nitrogens with zero attached hydrogens (tertiary/aromatic N) is 3. The fourth-order valence-corrected chi connectivity index (χ4v) is 3.00. The van der Waals surface area contributed by atoms with Crippen LogP contribution in [0, 0.1) is 12.8 Å². The van der Waals surface area contributed by atoms with E-state index in [0.717, 1.165) is 18.9 Å². The predicted octanol–water partition coefficient (Wildman–Crippen LogP) is 2.95. The molecule has 1 fully saturated rings. The summed E-state index contributed by atoms with van der Waals surface area (Å²) in [6.45, 7) is 8.62. The monoisotopic (exact) mass is 366 g/mol. The molecule has 2 aromatic rings. The second-order valence-electron chi connectivity index (χ2n) is 7.19. The van der Waals surface area contributed by atoms with Crippen LogP contribution in [0.5, 0.6) is 0 Å². The van der Waals surface area contributed by atoms with E-state index in [1.165, 1.54) is 5.56 Å². The summed E-state index contributed by atoms with van der Waals surface area (Å²) in [5, 5.41) is 2.84. The van der Waals surface area contributed by atoms with Crippen LogP contribution in [-0.2, 0) is 4.79 Å². The number of aryl methyl sites for hydroxylation is 1. The van der Waals surface area contributed by atoms with E-state index in [1.54, 1.807) is 24.3 Å². The summed E-state index contributed by atoms with van der Waals surface area (Å²) < 4.78 is 0. The maximum atomic E-state index is 12.7. The molecule has 1 saturated heterocycles. The molecule has 2 amide bonds. The van der Waals surface area contributed by atoms with Crippen LogP contribution in [0.2, 0.25) is 0 Å². The molecule has 6 heteroatoms. The number of hydrogen-bond donors (Lipinski definition) is 1. The molecule has 2 heterocycles. The Balaban J connectivity index is 1.58. The Morgan fingerprint density at radius 1 is 1.04 bits per heavy atom. The number of pyridine rings is 1. The highest BCUT2D eigenvalue weighted by Crippen LogP contribution is 2.17. The molecule has 1 aliphatic heterocycles. The summed E-state index contributed by atoms with van der Waals surface area (Å²) in [4.78, 5) is 33.0. The lowest BCUT2D eigenvalue weighted by molar-refractivity contribution is -0.118. The Morgan fingerprint density at radius 3 is 2.30 bits per heavy atom. The van der Waals surface area contributed by atoms with Crippen LogP contribution in [0.15, 0.2) is 42.6 Å². The van der Waals surface area contributed by atoms with E-state index in [2.05, 4.69) is 28.2 Å². The summed E-state index contributed by atoms with van der Waals surface area (Å²) in [5.74, 6) is 0.876. The number of aromatic nitrogens is 1. The minimum Gasteiger partial charge on any atom is -0.353 e. The van der Waals surface area contributed by atoms with E-state index >= 15 is 0 Å². The van der Waals surface area contributed by atoms with Crippen LogP contribution in [0.25, 0.3) is 0 Å². The molecule has 0 atom stereocenters. The molecule has 0 unspecified atom stereocenters. The number of nitrogens with one attached hydrogen (secondary N) is 1. The minimum absolute atomic E-state index is 0.0218. The molecular weight excluding hydrogens is 340 g/mol. The highest BCUT2D eigenvalue weighted by molar-refractivity contribution is 5.96. The highest BCUT2D eigenvalue weighted by atomic mass is 16.2. The van der Waals surface area contributed by atoms with E-state index in [1.807, 2.05) is 31.0 Å². The standard InChI is InChI=1S/C21H26N4O2/c1-15(2)20(26)23-18-6-4-17(5-7-18)21(27)25-12-10-24(11-13-25)19-14-16(3)8-9-22-19/h4-9,14-15H,10-13H2,1-3H3,(H,23,26). The first-order valence-corrected chi connectivity index (χ1v) is 9.32. The zero-order chi connectivity index (χ0) is 19.4. The van der Waals surface area contributed by atoms with Crippen LogP contribution >= 0.6 is 0 Å². The van der Waals surface area contributed by atoms with Crippen LogP contribution in [0.1, 0.15) is 29.8 Å². The maximum Gasteiger partial charge on any atom is 0.253 e. The minimum atomic E-state index is -0.0782. The third-order valence-corrected chi connectivity index (χ3v) is 4.72. The van der Waals surface area contributed by atoms with Crippen molar-refractivity contribution in [3.05, 3.63) is 53.7 Å². The summed E-state index contributed by atoms with van der Waals surface area (Å²) in [5.41, 5.74) is 2.53. The van der Waals surface area contributed by atoms with Crippen molar-refractivity contribution in [3.63, 3.8) is 0 Å². The molecule has 1 N–H and O–H groups in total. The van der Waals surface area contributed by atoms with Crippen LogP contribution in [-0.4, -0.2) is 47.9 Å². The SMILES string of the molecule is Cc1ccnc(N2CCN(C(=O)c3ccc(NC(=O)C(C)C)cc3)CC2)c1. The van der Waals surface area contributed by atoms with E-state index in [9.17, 15) is 9.59 Å². The second kappa shape index (κ2) is 8.20. The predicted molar refractivity (Wildman–Crippen MR) is 107 cm³/mol. The first kappa shape index (κ1) is 18.9. The zero-order valence-electron chi connectivity index (χ0n) is 16.1. The quantitative estimate of drug-likeness (QED) is 0.904. The number of benzene rings is 1. The van der Waals surface area contributed by atoms with Gasteiger partial charge in [0.25, 0.3) is 5.91 Å². The summed E-state index contributed by atoms with van der Waals surface area (Å²) in [7, 11) is 0. The van der Waals surface area contributed by atoms with Gasteiger partial charge in [-0.25, -0.2) is 4.98 Å². The lowest BCUT2D eigenvalue weighted by Crippen LogP contribution is -2.49. The van der Waals surface area contributed by atoms with Gasteiger partial charge in [-0.2, -0.15) is 0 Å². The Kier molecular flexibility index (Phi) is 5.74. The molecule has 0 aliphatic carbocycles. The highest BCUT2D eigenvalue weighted by Gasteiger charge is 2.23. The number of hydrogen-bond acceptors (Lipinski definition) is 4. The van der Waals surface area contributed by atoms with Gasteiger partial charge in [-0.1, -0.05) is 13.8 Å². The van der Waals surface area contributed by atoms with Crippen molar-refractivity contribution < 1.29 is 9.59 Å². The van der Waals surface area contributed by atoms with E-state index < -0.39 is 0 Å². The normalized spacial score (nSPS) is 14.4. The molecule has 0 bridgehead atoms. The van der Waals surface area contributed by atoms with Crippen molar-refractivity contribution in [1.82, 2.24) is 9.88 Å². The van der Waals surface area contributed by atoms with Crippen molar-refractivity contribution in [2.75, 3.05) is 36.4 Å². The largest absolute Gasteiger partial charge is 0.353 e. The zero-order valence-corrected chi connectivity index (χ0v) is 16.1. The van der Waals surface area contributed by atoms with Gasteiger partial charge >= 0.3 is 0 Å². The van der Waals surface area contributed by atoms with Crippen molar-refractivity contribution in [3.8, 4) is 0 Å². The van der Waals surface area contributed by atoms with E-state index in [0.29, 0.717) is 24.3 Å². The smallest absolute Gasteiger partial charge is 0.253 e. The van der Waals surface area contributed by atoms with Crippen LogP contribution < -0.4 is 10.2 Å². The van der Waals surface area contributed by atoms with Crippen molar-refractivity contribution in [1.29, 1.82) is 0 Å². The lowest BCUT2D eigenvalue weighted by Gasteiger charge is -2.35. The van der Waals surface area contributed by atoms with Gasteiger partial charge in [-0.3, -0.25) is 9.59 Å².